The first-order chi connectivity index (χ1) is 10.7. The number of Topliss-reactive ketones (excluding diaryl/α,β-unsaturated/α-hetero) is 1. The van der Waals surface area contributed by atoms with E-state index >= 15 is 0 Å². The minimum absolute atomic E-state index is 0.0608. The Kier molecular flexibility index (Phi) is 4.79. The first kappa shape index (κ1) is 17.8. The maximum absolute atomic E-state index is 12.3. The number of aldehydes is 2. The first-order valence-corrected chi connectivity index (χ1v) is 8.51. The summed E-state index contributed by atoms with van der Waals surface area (Å²) in [4.78, 5) is 35.5. The highest BCUT2D eigenvalue weighted by Crippen LogP contribution is 2.51. The van der Waals surface area contributed by atoms with Crippen molar-refractivity contribution in [1.29, 1.82) is 0 Å². The summed E-state index contributed by atoms with van der Waals surface area (Å²) < 4.78 is 0. The standard InChI is InChI=1S/C20H28O3/c1-13-7-6-8-20(5,12-22)16(13)9-15-10-18(23)14(2)17(11-21)19(15,3)4/h11-12,15-16H,1,6-10H2,2-5H3/t15-,16-,20+/m1/s1. The second-order valence-electron chi connectivity index (χ2n) is 8.13. The molecule has 0 amide bonds. The van der Waals surface area contributed by atoms with Gasteiger partial charge in [-0.2, -0.15) is 0 Å². The van der Waals surface area contributed by atoms with Gasteiger partial charge in [0.05, 0.1) is 0 Å². The van der Waals surface area contributed by atoms with Crippen LogP contribution < -0.4 is 0 Å². The van der Waals surface area contributed by atoms with E-state index in [9.17, 15) is 14.4 Å². The van der Waals surface area contributed by atoms with Crippen molar-refractivity contribution in [2.45, 2.75) is 59.8 Å². The lowest BCUT2D eigenvalue weighted by atomic mass is 9.57. The molecule has 0 N–H and O–H groups in total. The maximum atomic E-state index is 12.3. The van der Waals surface area contributed by atoms with E-state index in [2.05, 4.69) is 6.58 Å². The molecule has 0 aromatic heterocycles. The highest BCUT2D eigenvalue weighted by Gasteiger charge is 2.46. The number of allylic oxidation sites excluding steroid dienone is 3. The molecule has 0 radical (unpaired) electrons. The quantitative estimate of drug-likeness (QED) is 0.580. The fraction of sp³-hybridized carbons (Fsp3) is 0.650. The Bertz CT molecular complexity index is 582. The molecule has 3 heteroatoms. The molecular weight excluding hydrogens is 288 g/mol. The Morgan fingerprint density at radius 3 is 2.48 bits per heavy atom. The van der Waals surface area contributed by atoms with Crippen molar-refractivity contribution in [3.05, 3.63) is 23.3 Å². The molecule has 23 heavy (non-hydrogen) atoms. The Hall–Kier alpha value is -1.51. The van der Waals surface area contributed by atoms with Gasteiger partial charge in [0.15, 0.2) is 5.78 Å². The molecule has 3 atom stereocenters. The minimum atomic E-state index is -0.397. The van der Waals surface area contributed by atoms with Gasteiger partial charge in [-0.3, -0.25) is 9.59 Å². The molecule has 0 spiro atoms. The number of carbonyl (C=O) groups excluding carboxylic acids is 3. The van der Waals surface area contributed by atoms with Gasteiger partial charge in [-0.25, -0.2) is 0 Å². The SMILES string of the molecule is C=C1CCC[C@@](C)(C=O)[C@@H]1C[C@@H]1CC(=O)C(C)=C(C=O)C1(C)C. The van der Waals surface area contributed by atoms with Crippen LogP contribution in [0, 0.1) is 22.7 Å². The van der Waals surface area contributed by atoms with Gasteiger partial charge in [0, 0.05) is 17.4 Å². The third-order valence-electron chi connectivity index (χ3n) is 6.38. The van der Waals surface area contributed by atoms with Crippen molar-refractivity contribution in [3.63, 3.8) is 0 Å². The van der Waals surface area contributed by atoms with E-state index in [1.165, 1.54) is 0 Å². The Balaban J connectivity index is 2.35. The van der Waals surface area contributed by atoms with Gasteiger partial charge < -0.3 is 4.79 Å². The zero-order chi connectivity index (χ0) is 17.4. The van der Waals surface area contributed by atoms with Crippen molar-refractivity contribution in [1.82, 2.24) is 0 Å². The third kappa shape index (κ3) is 2.98. The minimum Gasteiger partial charge on any atom is -0.303 e. The van der Waals surface area contributed by atoms with Gasteiger partial charge in [0.25, 0.3) is 0 Å². The summed E-state index contributed by atoms with van der Waals surface area (Å²) in [5.41, 5.74) is 1.59. The summed E-state index contributed by atoms with van der Waals surface area (Å²) in [5, 5.41) is 0. The van der Waals surface area contributed by atoms with Crippen LogP contribution in [0.4, 0.5) is 0 Å². The van der Waals surface area contributed by atoms with Crippen molar-refractivity contribution in [2.75, 3.05) is 0 Å². The van der Waals surface area contributed by atoms with Gasteiger partial charge in [0.1, 0.15) is 12.6 Å². The molecule has 0 aliphatic heterocycles. The third-order valence-corrected chi connectivity index (χ3v) is 6.38. The number of hydrogen-bond acceptors (Lipinski definition) is 3. The van der Waals surface area contributed by atoms with Crippen LogP contribution in [0.1, 0.15) is 59.8 Å². The maximum Gasteiger partial charge on any atom is 0.159 e. The highest BCUT2D eigenvalue weighted by atomic mass is 16.1. The van der Waals surface area contributed by atoms with Crippen LogP contribution >= 0.6 is 0 Å². The molecule has 0 saturated heterocycles. The van der Waals surface area contributed by atoms with Gasteiger partial charge in [0.2, 0.25) is 0 Å². The molecule has 1 saturated carbocycles. The molecule has 2 aliphatic rings. The van der Waals surface area contributed by atoms with E-state index in [0.29, 0.717) is 17.6 Å². The van der Waals surface area contributed by atoms with Crippen molar-refractivity contribution in [2.24, 2.45) is 22.7 Å². The van der Waals surface area contributed by atoms with Gasteiger partial charge in [-0.05, 0) is 55.4 Å². The van der Waals surface area contributed by atoms with Gasteiger partial charge in [-0.1, -0.05) is 32.9 Å². The van der Waals surface area contributed by atoms with E-state index in [1.54, 1.807) is 6.92 Å². The summed E-state index contributed by atoms with van der Waals surface area (Å²) in [7, 11) is 0. The molecule has 0 heterocycles. The number of hydrogen-bond donors (Lipinski definition) is 0. The van der Waals surface area contributed by atoms with Crippen LogP contribution in [0.2, 0.25) is 0 Å². The molecular formula is C20H28O3. The molecule has 1 fully saturated rings. The summed E-state index contributed by atoms with van der Waals surface area (Å²) in [5.74, 6) is 0.223. The largest absolute Gasteiger partial charge is 0.303 e. The summed E-state index contributed by atoms with van der Waals surface area (Å²) in [6, 6.07) is 0. The van der Waals surface area contributed by atoms with E-state index < -0.39 is 5.41 Å². The average Bonchev–Trinajstić information content (AvgIpc) is 2.48. The van der Waals surface area contributed by atoms with E-state index in [-0.39, 0.29) is 23.0 Å². The van der Waals surface area contributed by atoms with E-state index in [0.717, 1.165) is 43.8 Å². The van der Waals surface area contributed by atoms with E-state index in [4.69, 9.17) is 0 Å². The first-order valence-electron chi connectivity index (χ1n) is 8.51. The van der Waals surface area contributed by atoms with Crippen LogP contribution in [0.15, 0.2) is 23.3 Å². The molecule has 0 aromatic rings. The lowest BCUT2D eigenvalue weighted by Crippen LogP contribution is -2.41. The number of carbonyl (C=O) groups is 3. The Morgan fingerprint density at radius 2 is 1.91 bits per heavy atom. The second kappa shape index (κ2) is 6.18. The monoisotopic (exact) mass is 316 g/mol. The summed E-state index contributed by atoms with van der Waals surface area (Å²) in [6.45, 7) is 12.0. The molecule has 2 aliphatic carbocycles. The van der Waals surface area contributed by atoms with Crippen molar-refractivity contribution < 1.29 is 14.4 Å². The molecule has 0 aromatic carbocycles. The topological polar surface area (TPSA) is 51.2 Å². The smallest absolute Gasteiger partial charge is 0.159 e. The molecule has 0 unspecified atom stereocenters. The van der Waals surface area contributed by atoms with Crippen LogP contribution in [0.3, 0.4) is 0 Å². The Labute approximate surface area is 139 Å². The van der Waals surface area contributed by atoms with Crippen molar-refractivity contribution in [3.8, 4) is 0 Å². The predicted octanol–water partition coefficient (Wildman–Crippen LogP) is 4.07. The zero-order valence-corrected chi connectivity index (χ0v) is 14.8. The van der Waals surface area contributed by atoms with Gasteiger partial charge in [-0.15, -0.1) is 0 Å². The van der Waals surface area contributed by atoms with E-state index in [1.807, 2.05) is 20.8 Å². The summed E-state index contributed by atoms with van der Waals surface area (Å²) >= 11 is 0. The highest BCUT2D eigenvalue weighted by molar-refractivity contribution is 6.02. The van der Waals surface area contributed by atoms with Crippen LogP contribution in [0.5, 0.6) is 0 Å². The fourth-order valence-corrected chi connectivity index (χ4v) is 4.48. The lowest BCUT2D eigenvalue weighted by molar-refractivity contribution is -0.121. The van der Waals surface area contributed by atoms with Crippen molar-refractivity contribution >= 4 is 18.4 Å². The molecule has 2 rings (SSSR count). The molecule has 0 bridgehead atoms. The lowest BCUT2D eigenvalue weighted by Gasteiger charge is -2.45. The second-order valence-corrected chi connectivity index (χ2v) is 8.13. The fourth-order valence-electron chi connectivity index (χ4n) is 4.48. The number of ketones is 1. The summed E-state index contributed by atoms with van der Waals surface area (Å²) in [6.07, 6.45) is 5.93. The number of rotatable bonds is 4. The van der Waals surface area contributed by atoms with Gasteiger partial charge >= 0.3 is 0 Å². The molecule has 3 nitrogen and oxygen atoms in total. The van der Waals surface area contributed by atoms with Crippen LogP contribution in [-0.2, 0) is 14.4 Å². The Morgan fingerprint density at radius 1 is 1.26 bits per heavy atom. The van der Waals surface area contributed by atoms with Crippen LogP contribution in [0.25, 0.3) is 0 Å². The predicted molar refractivity (Wildman–Crippen MR) is 90.9 cm³/mol. The normalized spacial score (nSPS) is 34.4. The average molecular weight is 316 g/mol. The molecule has 126 valence electrons. The zero-order valence-electron chi connectivity index (χ0n) is 14.8. The van der Waals surface area contributed by atoms with Crippen LogP contribution in [-0.4, -0.2) is 18.4 Å².